The Bertz CT molecular complexity index is 1100. The van der Waals surface area contributed by atoms with E-state index >= 15 is 0 Å². The van der Waals surface area contributed by atoms with Crippen LogP contribution in [0.5, 0.6) is 5.75 Å². The molecule has 196 valence electrons. The minimum atomic E-state index is -1.11. The zero-order valence-electron chi connectivity index (χ0n) is 21.1. The summed E-state index contributed by atoms with van der Waals surface area (Å²) in [5.74, 6) is -0.374. The number of aryl methyl sites for hydroxylation is 1. The van der Waals surface area contributed by atoms with Crippen molar-refractivity contribution in [3.8, 4) is 17.0 Å². The Morgan fingerprint density at radius 3 is 2.47 bits per heavy atom. The van der Waals surface area contributed by atoms with Crippen molar-refractivity contribution < 1.29 is 29.0 Å². The van der Waals surface area contributed by atoms with E-state index in [1.165, 1.54) is 24.9 Å². The molecular formula is C24H33N5O6S. The zero-order chi connectivity index (χ0) is 26.9. The molecule has 0 aliphatic carbocycles. The summed E-state index contributed by atoms with van der Waals surface area (Å²) in [5, 5.41) is 15.5. The van der Waals surface area contributed by atoms with Gasteiger partial charge in [0.1, 0.15) is 21.9 Å². The van der Waals surface area contributed by atoms with Gasteiger partial charge in [-0.25, -0.2) is 19.6 Å². The summed E-state index contributed by atoms with van der Waals surface area (Å²) in [4.78, 5) is 43.7. The molecule has 0 fully saturated rings. The highest BCUT2D eigenvalue weighted by atomic mass is 32.2. The third kappa shape index (κ3) is 9.25. The van der Waals surface area contributed by atoms with E-state index in [-0.39, 0.29) is 29.6 Å². The third-order valence-corrected chi connectivity index (χ3v) is 5.61. The summed E-state index contributed by atoms with van der Waals surface area (Å²) in [7, 11) is 1.41. The molecule has 0 saturated heterocycles. The van der Waals surface area contributed by atoms with Gasteiger partial charge in [-0.15, -0.1) is 11.8 Å². The monoisotopic (exact) mass is 519 g/mol. The molecule has 5 N–H and O–H groups in total. The molecule has 1 aromatic heterocycles. The number of rotatable bonds is 11. The van der Waals surface area contributed by atoms with Crippen LogP contribution in [0.15, 0.2) is 23.2 Å². The number of alkyl carbamates (subject to hydrolysis) is 1. The third-order valence-electron chi connectivity index (χ3n) is 4.70. The number of aromatic nitrogens is 2. The highest BCUT2D eigenvalue weighted by Gasteiger charge is 2.17. The molecule has 0 radical (unpaired) electrons. The number of nitrogen functional groups attached to an aromatic ring is 1. The first-order valence-electron chi connectivity index (χ1n) is 11.3. The fraction of sp³-hybridized carbons (Fsp3) is 0.458. The molecule has 0 saturated carbocycles. The van der Waals surface area contributed by atoms with Gasteiger partial charge in [-0.2, -0.15) is 0 Å². The van der Waals surface area contributed by atoms with Gasteiger partial charge in [0.05, 0.1) is 12.8 Å². The Morgan fingerprint density at radius 2 is 1.83 bits per heavy atom. The maximum Gasteiger partial charge on any atom is 0.407 e. The number of nitrogens with zero attached hydrogens (tertiary/aromatic N) is 2. The Hall–Kier alpha value is -3.54. The number of amides is 2. The molecule has 0 aliphatic heterocycles. The Balaban J connectivity index is 1.87. The lowest BCUT2D eigenvalue weighted by atomic mass is 10.0. The molecule has 1 heterocycles. The maximum atomic E-state index is 12.0. The molecule has 11 nitrogen and oxygen atoms in total. The molecule has 1 aromatic carbocycles. The van der Waals surface area contributed by atoms with Crippen molar-refractivity contribution in [3.05, 3.63) is 29.3 Å². The number of nitrogens with two attached hydrogens (primary N) is 1. The number of carbonyl (C=O) groups excluding carboxylic acids is 2. The predicted octanol–water partition coefficient (Wildman–Crippen LogP) is 3.25. The van der Waals surface area contributed by atoms with Gasteiger partial charge in [-0.05, 0) is 57.9 Å². The van der Waals surface area contributed by atoms with Crippen molar-refractivity contribution in [1.29, 1.82) is 0 Å². The number of methoxy groups -OCH3 is 1. The van der Waals surface area contributed by atoms with Crippen molar-refractivity contribution in [1.82, 2.24) is 20.6 Å². The van der Waals surface area contributed by atoms with Gasteiger partial charge in [-0.1, -0.05) is 0 Å². The SMILES string of the molecule is COc1cc(C)c(-c2cc(SCCNC(=O)CCCNC(=O)OC(C)(C)C)nc(N)n2)cc1C(=O)O. The molecule has 0 aliphatic rings. The molecule has 0 spiro atoms. The van der Waals surface area contributed by atoms with E-state index in [9.17, 15) is 19.5 Å². The number of thioether (sulfide) groups is 1. The number of nitrogens with one attached hydrogen (secondary N) is 2. The van der Waals surface area contributed by atoms with Gasteiger partial charge in [0, 0.05) is 30.8 Å². The van der Waals surface area contributed by atoms with Crippen LogP contribution in [0.3, 0.4) is 0 Å². The molecule has 12 heteroatoms. The van der Waals surface area contributed by atoms with Crippen molar-refractivity contribution in [2.45, 2.75) is 51.2 Å². The summed E-state index contributed by atoms with van der Waals surface area (Å²) < 4.78 is 10.3. The molecule has 0 atom stereocenters. The Labute approximate surface area is 214 Å². The van der Waals surface area contributed by atoms with Gasteiger partial charge in [0.2, 0.25) is 11.9 Å². The van der Waals surface area contributed by atoms with Crippen molar-refractivity contribution in [3.63, 3.8) is 0 Å². The van der Waals surface area contributed by atoms with Gasteiger partial charge < -0.3 is 30.9 Å². The second kappa shape index (κ2) is 13.0. The summed E-state index contributed by atoms with van der Waals surface area (Å²) in [6.45, 7) is 7.92. The average Bonchev–Trinajstić information content (AvgIpc) is 2.77. The lowest BCUT2D eigenvalue weighted by Gasteiger charge is -2.19. The number of hydrogen-bond donors (Lipinski definition) is 4. The van der Waals surface area contributed by atoms with Crippen LogP contribution in [-0.4, -0.2) is 64.6 Å². The molecule has 0 unspecified atom stereocenters. The van der Waals surface area contributed by atoms with Crippen molar-refractivity contribution in [2.24, 2.45) is 0 Å². The number of ether oxygens (including phenoxy) is 2. The molecular weight excluding hydrogens is 486 g/mol. The van der Waals surface area contributed by atoms with Gasteiger partial charge >= 0.3 is 12.1 Å². The topological polar surface area (TPSA) is 166 Å². The smallest absolute Gasteiger partial charge is 0.407 e. The van der Waals surface area contributed by atoms with Crippen LogP contribution in [0.1, 0.15) is 49.5 Å². The molecule has 0 bridgehead atoms. The van der Waals surface area contributed by atoms with E-state index in [0.29, 0.717) is 41.5 Å². The zero-order valence-corrected chi connectivity index (χ0v) is 22.0. The van der Waals surface area contributed by atoms with Crippen LogP contribution in [0.25, 0.3) is 11.3 Å². The number of carboxylic acid groups (broad SMARTS) is 1. The van der Waals surface area contributed by atoms with E-state index in [1.54, 1.807) is 32.9 Å². The summed E-state index contributed by atoms with van der Waals surface area (Å²) >= 11 is 1.39. The molecule has 2 amide bonds. The van der Waals surface area contributed by atoms with Crippen molar-refractivity contribution >= 4 is 35.7 Å². The van der Waals surface area contributed by atoms with Crippen LogP contribution >= 0.6 is 11.8 Å². The van der Waals surface area contributed by atoms with Crippen LogP contribution < -0.4 is 21.1 Å². The highest BCUT2D eigenvalue weighted by molar-refractivity contribution is 7.99. The number of anilines is 1. The fourth-order valence-corrected chi connectivity index (χ4v) is 3.90. The van der Waals surface area contributed by atoms with E-state index in [1.807, 2.05) is 6.92 Å². The second-order valence-electron chi connectivity index (χ2n) is 8.85. The highest BCUT2D eigenvalue weighted by Crippen LogP contribution is 2.31. The van der Waals surface area contributed by atoms with Gasteiger partial charge in [0.15, 0.2) is 0 Å². The Kier molecular flexibility index (Phi) is 10.3. The standard InChI is InChI=1S/C24H33N5O6S/c1-14-11-18(34-5)16(21(31)32)12-15(14)17-13-20(29-22(25)28-17)36-10-9-26-19(30)7-6-8-27-23(33)35-24(2,3)4/h11-13H,6-10H2,1-5H3,(H,26,30)(H,27,33)(H,31,32)(H2,25,28,29). The first-order chi connectivity index (χ1) is 16.9. The van der Waals surface area contributed by atoms with Crippen LogP contribution in [0, 0.1) is 6.92 Å². The second-order valence-corrected chi connectivity index (χ2v) is 9.97. The minimum absolute atomic E-state index is 0.0218. The Morgan fingerprint density at radius 1 is 1.11 bits per heavy atom. The lowest BCUT2D eigenvalue weighted by Crippen LogP contribution is -2.33. The molecule has 2 rings (SSSR count). The minimum Gasteiger partial charge on any atom is -0.496 e. The van der Waals surface area contributed by atoms with E-state index in [2.05, 4.69) is 20.6 Å². The predicted molar refractivity (Wildman–Crippen MR) is 137 cm³/mol. The summed E-state index contributed by atoms with van der Waals surface area (Å²) in [6.07, 6.45) is 0.254. The van der Waals surface area contributed by atoms with E-state index in [4.69, 9.17) is 15.2 Å². The lowest BCUT2D eigenvalue weighted by molar-refractivity contribution is -0.121. The van der Waals surface area contributed by atoms with Crippen LogP contribution in [0.2, 0.25) is 0 Å². The van der Waals surface area contributed by atoms with E-state index < -0.39 is 17.7 Å². The van der Waals surface area contributed by atoms with E-state index in [0.717, 1.165) is 5.56 Å². The first-order valence-corrected chi connectivity index (χ1v) is 12.3. The van der Waals surface area contributed by atoms with Crippen LogP contribution in [0.4, 0.5) is 10.7 Å². The molecule has 2 aromatic rings. The first kappa shape index (κ1) is 28.7. The number of hydrogen-bond acceptors (Lipinski definition) is 9. The normalized spacial score (nSPS) is 11.0. The van der Waals surface area contributed by atoms with Crippen LogP contribution in [-0.2, 0) is 9.53 Å². The summed E-state index contributed by atoms with van der Waals surface area (Å²) in [6, 6.07) is 4.87. The average molecular weight is 520 g/mol. The number of carbonyl (C=O) groups is 3. The maximum absolute atomic E-state index is 12.0. The van der Waals surface area contributed by atoms with Gasteiger partial charge in [0.25, 0.3) is 0 Å². The largest absolute Gasteiger partial charge is 0.496 e. The molecule has 36 heavy (non-hydrogen) atoms. The summed E-state index contributed by atoms with van der Waals surface area (Å²) in [5.41, 5.74) is 7.23. The quantitative estimate of drug-likeness (QED) is 0.197. The van der Waals surface area contributed by atoms with Crippen molar-refractivity contribution in [2.75, 3.05) is 31.7 Å². The number of carboxylic acids is 1. The number of benzene rings is 1. The fourth-order valence-electron chi connectivity index (χ4n) is 3.14. The number of aromatic carboxylic acids is 1. The van der Waals surface area contributed by atoms with Gasteiger partial charge in [-0.3, -0.25) is 4.79 Å².